The van der Waals surface area contributed by atoms with Crippen molar-refractivity contribution in [2.45, 2.75) is 36.3 Å². The number of carbonyl (C=O) groups is 2. The lowest BCUT2D eigenvalue weighted by atomic mass is 10.1. The van der Waals surface area contributed by atoms with Crippen LogP contribution in [0.25, 0.3) is 0 Å². The predicted octanol–water partition coefficient (Wildman–Crippen LogP) is 4.31. The van der Waals surface area contributed by atoms with Crippen LogP contribution in [-0.4, -0.2) is 30.8 Å². The van der Waals surface area contributed by atoms with Crippen LogP contribution in [-0.2, 0) is 16.0 Å². The molecule has 0 saturated carbocycles. The molecule has 0 unspecified atom stereocenters. The van der Waals surface area contributed by atoms with Crippen LogP contribution in [0.15, 0.2) is 47.4 Å². The zero-order chi connectivity index (χ0) is 19.2. The summed E-state index contributed by atoms with van der Waals surface area (Å²) < 4.78 is 10.2. The van der Waals surface area contributed by atoms with E-state index < -0.39 is 0 Å². The van der Waals surface area contributed by atoms with Gasteiger partial charge >= 0.3 is 5.97 Å². The van der Waals surface area contributed by atoms with Gasteiger partial charge in [-0.1, -0.05) is 12.1 Å². The maximum atomic E-state index is 12.4. The third kappa shape index (κ3) is 4.83. The molecule has 0 radical (unpaired) electrons. The Morgan fingerprint density at radius 1 is 1.19 bits per heavy atom. The molecular weight excluding hydrogens is 362 g/mol. The molecular formula is C21H23NO4S. The third-order valence-corrected chi connectivity index (χ3v) is 5.75. The minimum Gasteiger partial charge on any atom is -0.497 e. The fourth-order valence-electron chi connectivity index (χ4n) is 2.97. The van der Waals surface area contributed by atoms with E-state index in [2.05, 4.69) is 17.4 Å². The first kappa shape index (κ1) is 19.3. The Labute approximate surface area is 163 Å². The molecule has 0 saturated heterocycles. The van der Waals surface area contributed by atoms with Crippen LogP contribution in [0.5, 0.6) is 5.75 Å². The van der Waals surface area contributed by atoms with E-state index in [1.807, 2.05) is 18.2 Å². The van der Waals surface area contributed by atoms with E-state index in [9.17, 15) is 9.59 Å². The number of hydrogen-bond acceptors (Lipinski definition) is 5. The lowest BCUT2D eigenvalue weighted by Gasteiger charge is -2.24. The van der Waals surface area contributed by atoms with Crippen molar-refractivity contribution in [2.24, 2.45) is 0 Å². The van der Waals surface area contributed by atoms with E-state index in [0.717, 1.165) is 29.9 Å². The van der Waals surface area contributed by atoms with E-state index in [0.29, 0.717) is 17.9 Å². The molecule has 0 fully saturated rings. The van der Waals surface area contributed by atoms with Gasteiger partial charge < -0.3 is 14.8 Å². The molecule has 1 atom stereocenters. The second-order valence-electron chi connectivity index (χ2n) is 6.27. The van der Waals surface area contributed by atoms with Crippen molar-refractivity contribution in [1.29, 1.82) is 0 Å². The van der Waals surface area contributed by atoms with Crippen LogP contribution in [0.3, 0.4) is 0 Å². The van der Waals surface area contributed by atoms with Gasteiger partial charge in [0.05, 0.1) is 30.2 Å². The molecule has 2 aromatic rings. The van der Waals surface area contributed by atoms with Crippen molar-refractivity contribution in [3.8, 4) is 5.75 Å². The van der Waals surface area contributed by atoms with E-state index in [4.69, 9.17) is 9.47 Å². The SMILES string of the molecule is CCOC(=O)c1ccc2c(c1)NC(=O)[C@H](CCCc1ccc(OC)cc1)S2. The topological polar surface area (TPSA) is 64.6 Å². The number of nitrogens with one attached hydrogen (secondary N) is 1. The molecule has 1 heterocycles. The summed E-state index contributed by atoms with van der Waals surface area (Å²) in [6.07, 6.45) is 2.64. The lowest BCUT2D eigenvalue weighted by Crippen LogP contribution is -2.29. The molecule has 0 spiro atoms. The van der Waals surface area contributed by atoms with Gasteiger partial charge in [-0.25, -0.2) is 4.79 Å². The predicted molar refractivity (Wildman–Crippen MR) is 107 cm³/mol. The number of amides is 1. The molecule has 1 N–H and O–H groups in total. The maximum absolute atomic E-state index is 12.4. The number of aryl methyl sites for hydroxylation is 1. The maximum Gasteiger partial charge on any atom is 0.338 e. The standard InChI is InChI=1S/C21H23NO4S/c1-3-26-21(24)15-9-12-18-17(13-15)22-20(23)19(27-18)6-4-5-14-7-10-16(25-2)11-8-14/h7-13,19H,3-6H2,1-2H3,(H,22,23)/t19-/m0/s1. The van der Waals surface area contributed by atoms with Crippen molar-refractivity contribution in [3.05, 3.63) is 53.6 Å². The number of methoxy groups -OCH3 is 1. The van der Waals surface area contributed by atoms with Crippen LogP contribution in [0.2, 0.25) is 0 Å². The van der Waals surface area contributed by atoms with Gasteiger partial charge in [-0.2, -0.15) is 0 Å². The average molecular weight is 385 g/mol. The van der Waals surface area contributed by atoms with Gasteiger partial charge in [0.25, 0.3) is 0 Å². The van der Waals surface area contributed by atoms with Gasteiger partial charge in [0.15, 0.2) is 0 Å². The van der Waals surface area contributed by atoms with Crippen molar-refractivity contribution < 1.29 is 19.1 Å². The molecule has 5 nitrogen and oxygen atoms in total. The highest BCUT2D eigenvalue weighted by molar-refractivity contribution is 8.01. The minimum absolute atomic E-state index is 0.0109. The number of anilines is 1. The number of esters is 1. The summed E-state index contributed by atoms with van der Waals surface area (Å²) in [5.41, 5.74) is 2.37. The highest BCUT2D eigenvalue weighted by Crippen LogP contribution is 2.38. The fraction of sp³-hybridized carbons (Fsp3) is 0.333. The average Bonchev–Trinajstić information content (AvgIpc) is 2.68. The van der Waals surface area contributed by atoms with Crippen molar-refractivity contribution in [1.82, 2.24) is 0 Å². The third-order valence-electron chi connectivity index (χ3n) is 4.40. The molecule has 1 aliphatic heterocycles. The number of benzene rings is 2. The molecule has 2 aromatic carbocycles. The number of ether oxygens (including phenoxy) is 2. The number of carbonyl (C=O) groups excluding carboxylic acids is 2. The zero-order valence-corrected chi connectivity index (χ0v) is 16.3. The Morgan fingerprint density at radius 2 is 1.96 bits per heavy atom. The monoisotopic (exact) mass is 385 g/mol. The quantitative estimate of drug-likeness (QED) is 0.720. The number of rotatable bonds is 7. The van der Waals surface area contributed by atoms with E-state index in [-0.39, 0.29) is 17.1 Å². The first-order valence-electron chi connectivity index (χ1n) is 9.02. The number of thioether (sulfide) groups is 1. The zero-order valence-electron chi connectivity index (χ0n) is 15.5. The molecule has 0 aliphatic carbocycles. The van der Waals surface area contributed by atoms with Gasteiger partial charge in [-0.15, -0.1) is 11.8 Å². The van der Waals surface area contributed by atoms with Crippen molar-refractivity contribution in [2.75, 3.05) is 19.0 Å². The van der Waals surface area contributed by atoms with Crippen LogP contribution in [0, 0.1) is 0 Å². The minimum atomic E-state index is -0.374. The fourth-order valence-corrected chi connectivity index (χ4v) is 4.11. The summed E-state index contributed by atoms with van der Waals surface area (Å²) in [6, 6.07) is 13.3. The normalized spacial score (nSPS) is 15.6. The number of fused-ring (bicyclic) bond motifs is 1. The smallest absolute Gasteiger partial charge is 0.338 e. The van der Waals surface area contributed by atoms with Crippen LogP contribution in [0.4, 0.5) is 5.69 Å². The van der Waals surface area contributed by atoms with Gasteiger partial charge in [0.2, 0.25) is 5.91 Å². The highest BCUT2D eigenvalue weighted by Gasteiger charge is 2.27. The van der Waals surface area contributed by atoms with Gasteiger partial charge in [-0.3, -0.25) is 4.79 Å². The Hall–Kier alpha value is -2.47. The van der Waals surface area contributed by atoms with Crippen LogP contribution in [0.1, 0.15) is 35.7 Å². The summed E-state index contributed by atoms with van der Waals surface area (Å²) >= 11 is 1.56. The second kappa shape index (κ2) is 8.95. The Balaban J connectivity index is 1.58. The Kier molecular flexibility index (Phi) is 6.40. The molecule has 1 aliphatic rings. The van der Waals surface area contributed by atoms with E-state index >= 15 is 0 Å². The van der Waals surface area contributed by atoms with Crippen LogP contribution < -0.4 is 10.1 Å². The van der Waals surface area contributed by atoms with Crippen LogP contribution >= 0.6 is 11.8 Å². The molecule has 1 amide bonds. The molecule has 27 heavy (non-hydrogen) atoms. The van der Waals surface area contributed by atoms with Crippen molar-refractivity contribution in [3.63, 3.8) is 0 Å². The lowest BCUT2D eigenvalue weighted by molar-refractivity contribution is -0.115. The molecule has 3 rings (SSSR count). The molecule has 0 aromatic heterocycles. The molecule has 6 heteroatoms. The summed E-state index contributed by atoms with van der Waals surface area (Å²) in [5, 5.41) is 2.81. The van der Waals surface area contributed by atoms with Gasteiger partial charge in [0.1, 0.15) is 5.75 Å². The summed E-state index contributed by atoms with van der Waals surface area (Å²) in [6.45, 7) is 2.10. The van der Waals surface area contributed by atoms with E-state index in [1.54, 1.807) is 37.9 Å². The van der Waals surface area contributed by atoms with E-state index in [1.165, 1.54) is 5.56 Å². The molecule has 0 bridgehead atoms. The first-order chi connectivity index (χ1) is 13.1. The summed E-state index contributed by atoms with van der Waals surface area (Å²) in [5.74, 6) is 0.462. The largest absolute Gasteiger partial charge is 0.497 e. The number of hydrogen-bond donors (Lipinski definition) is 1. The first-order valence-corrected chi connectivity index (χ1v) is 9.90. The Morgan fingerprint density at radius 3 is 2.67 bits per heavy atom. The Bertz CT molecular complexity index is 819. The second-order valence-corrected chi connectivity index (χ2v) is 7.51. The van der Waals surface area contributed by atoms with Gasteiger partial charge in [0, 0.05) is 4.90 Å². The summed E-state index contributed by atoms with van der Waals surface area (Å²) in [7, 11) is 1.65. The summed E-state index contributed by atoms with van der Waals surface area (Å²) in [4.78, 5) is 25.3. The van der Waals surface area contributed by atoms with Gasteiger partial charge in [-0.05, 0) is 62.1 Å². The van der Waals surface area contributed by atoms with Crippen molar-refractivity contribution >= 4 is 29.3 Å². The molecule has 142 valence electrons. The highest BCUT2D eigenvalue weighted by atomic mass is 32.2.